The molecule has 2 aliphatic rings. The predicted molar refractivity (Wildman–Crippen MR) is 109 cm³/mol. The third kappa shape index (κ3) is 3.58. The van der Waals surface area contributed by atoms with Crippen molar-refractivity contribution < 1.29 is 14.3 Å². The summed E-state index contributed by atoms with van der Waals surface area (Å²) >= 11 is 12.2. The first-order chi connectivity index (χ1) is 14.3. The molecule has 1 fully saturated rings. The average Bonchev–Trinajstić information content (AvgIpc) is 3.34. The van der Waals surface area contributed by atoms with Gasteiger partial charge in [-0.3, -0.25) is 9.48 Å². The zero-order valence-corrected chi connectivity index (χ0v) is 17.3. The number of hydrogen-bond donors (Lipinski definition) is 2. The van der Waals surface area contributed by atoms with E-state index in [1.54, 1.807) is 22.9 Å². The summed E-state index contributed by atoms with van der Waals surface area (Å²) in [5, 5.41) is 17.7. The van der Waals surface area contributed by atoms with Crippen LogP contribution in [0.2, 0.25) is 10.0 Å². The Bertz CT molecular complexity index is 1070. The molecule has 0 radical (unpaired) electrons. The van der Waals surface area contributed by atoms with Gasteiger partial charge in [0.15, 0.2) is 5.54 Å². The molecule has 1 aromatic carbocycles. The van der Waals surface area contributed by atoms with E-state index in [9.17, 15) is 14.9 Å². The van der Waals surface area contributed by atoms with Crippen molar-refractivity contribution in [3.8, 4) is 17.3 Å². The lowest BCUT2D eigenvalue weighted by Crippen LogP contribution is -2.48. The maximum atomic E-state index is 13.4. The highest BCUT2D eigenvalue weighted by molar-refractivity contribution is 6.42. The van der Waals surface area contributed by atoms with Crippen LogP contribution in [0.5, 0.6) is 0 Å². The molecule has 2 aliphatic heterocycles. The fourth-order valence-corrected chi connectivity index (χ4v) is 3.95. The van der Waals surface area contributed by atoms with E-state index in [0.29, 0.717) is 53.1 Å². The lowest BCUT2D eigenvalue weighted by atomic mass is 9.98. The molecule has 9 nitrogen and oxygen atoms in total. The fraction of sp³-hybridized carbons (Fsp3) is 0.368. The molecular formula is C19H18Cl2N6O3. The number of urea groups is 1. The van der Waals surface area contributed by atoms with Crippen molar-refractivity contribution in [3.63, 3.8) is 0 Å². The second-order valence-corrected chi connectivity index (χ2v) is 8.05. The highest BCUT2D eigenvalue weighted by Gasteiger charge is 2.39. The maximum absolute atomic E-state index is 13.4. The molecule has 3 heterocycles. The lowest BCUT2D eigenvalue weighted by Gasteiger charge is -2.27. The van der Waals surface area contributed by atoms with Crippen LogP contribution in [-0.2, 0) is 17.8 Å². The summed E-state index contributed by atoms with van der Waals surface area (Å²) < 4.78 is 6.99. The largest absolute Gasteiger partial charge is 0.378 e. The van der Waals surface area contributed by atoms with Gasteiger partial charge in [-0.15, -0.1) is 0 Å². The Hall–Kier alpha value is -2.80. The number of aromatic nitrogens is 2. The van der Waals surface area contributed by atoms with Crippen molar-refractivity contribution in [1.82, 2.24) is 20.0 Å². The quantitative estimate of drug-likeness (QED) is 0.743. The van der Waals surface area contributed by atoms with Gasteiger partial charge in [0, 0.05) is 18.5 Å². The number of primary amides is 1. The van der Waals surface area contributed by atoms with Gasteiger partial charge in [-0.25, -0.2) is 4.79 Å². The molecule has 3 amide bonds. The van der Waals surface area contributed by atoms with Crippen molar-refractivity contribution in [2.24, 2.45) is 5.73 Å². The van der Waals surface area contributed by atoms with Crippen LogP contribution in [0.3, 0.4) is 0 Å². The molecule has 0 saturated carbocycles. The number of nitrogens with one attached hydrogen (secondary N) is 1. The van der Waals surface area contributed by atoms with Crippen LogP contribution in [0.25, 0.3) is 11.3 Å². The number of hydrogen-bond acceptors (Lipinski definition) is 5. The van der Waals surface area contributed by atoms with Crippen LogP contribution in [0, 0.1) is 11.3 Å². The number of nitriles is 1. The normalized spacial score (nSPS) is 20.5. The van der Waals surface area contributed by atoms with Gasteiger partial charge in [-0.1, -0.05) is 29.3 Å². The zero-order chi connectivity index (χ0) is 21.5. The maximum Gasteiger partial charge on any atom is 0.315 e. The van der Waals surface area contributed by atoms with E-state index < -0.39 is 17.5 Å². The summed E-state index contributed by atoms with van der Waals surface area (Å²) in [6.45, 7) is 1.37. The minimum Gasteiger partial charge on any atom is -0.378 e. The molecule has 0 aliphatic carbocycles. The Morgan fingerprint density at radius 2 is 2.10 bits per heavy atom. The third-order valence-corrected chi connectivity index (χ3v) is 6.04. The number of nitrogens with two attached hydrogens (primary N) is 1. The standard InChI is InChI=1S/C19H18Cl2N6O3/c20-12-2-1-11(7-13(12)21)16-15(17(28)24-19(9-22)3-6-30-10-19)14-8-26(18(23)29)4-5-27(14)25-16/h1-2,7H,3-6,8,10H2,(H2,23,29)(H,24,28). The van der Waals surface area contributed by atoms with Crippen LogP contribution >= 0.6 is 23.2 Å². The Morgan fingerprint density at radius 1 is 1.30 bits per heavy atom. The van der Waals surface area contributed by atoms with Crippen LogP contribution < -0.4 is 11.1 Å². The van der Waals surface area contributed by atoms with Gasteiger partial charge in [0.05, 0.1) is 53.7 Å². The van der Waals surface area contributed by atoms with Gasteiger partial charge >= 0.3 is 6.03 Å². The van der Waals surface area contributed by atoms with Gasteiger partial charge in [0.2, 0.25) is 0 Å². The average molecular weight is 449 g/mol. The zero-order valence-electron chi connectivity index (χ0n) is 15.8. The van der Waals surface area contributed by atoms with Gasteiger partial charge in [0.1, 0.15) is 5.69 Å². The first-order valence-corrected chi connectivity index (χ1v) is 10.00. The van der Waals surface area contributed by atoms with Crippen molar-refractivity contribution in [2.45, 2.75) is 25.0 Å². The number of carbonyl (C=O) groups is 2. The number of fused-ring (bicyclic) bond motifs is 1. The van der Waals surface area contributed by atoms with Gasteiger partial charge in [-0.2, -0.15) is 10.4 Å². The van der Waals surface area contributed by atoms with E-state index in [1.807, 2.05) is 0 Å². The minimum absolute atomic E-state index is 0.105. The second-order valence-electron chi connectivity index (χ2n) is 7.23. The molecule has 1 unspecified atom stereocenters. The van der Waals surface area contributed by atoms with Crippen LogP contribution in [0.4, 0.5) is 4.79 Å². The topological polar surface area (TPSA) is 126 Å². The number of ether oxygens (including phenoxy) is 1. The summed E-state index contributed by atoms with van der Waals surface area (Å²) in [6, 6.07) is 6.52. The Balaban J connectivity index is 1.81. The third-order valence-electron chi connectivity index (χ3n) is 5.30. The van der Waals surface area contributed by atoms with E-state index in [1.165, 1.54) is 4.90 Å². The molecule has 3 N–H and O–H groups in total. The smallest absolute Gasteiger partial charge is 0.315 e. The van der Waals surface area contributed by atoms with Crippen molar-refractivity contribution >= 4 is 35.1 Å². The van der Waals surface area contributed by atoms with E-state index in [-0.39, 0.29) is 18.7 Å². The van der Waals surface area contributed by atoms with Crippen molar-refractivity contribution in [1.29, 1.82) is 5.26 Å². The van der Waals surface area contributed by atoms with Gasteiger partial charge < -0.3 is 20.7 Å². The summed E-state index contributed by atoms with van der Waals surface area (Å²) in [6.07, 6.45) is 0.383. The minimum atomic E-state index is -1.11. The molecule has 0 spiro atoms. The number of carbonyl (C=O) groups excluding carboxylic acids is 2. The molecule has 1 atom stereocenters. The molecule has 11 heteroatoms. The predicted octanol–water partition coefficient (Wildman–Crippen LogP) is 2.16. The Labute approximate surface area is 182 Å². The Morgan fingerprint density at radius 3 is 2.73 bits per heavy atom. The molecular weight excluding hydrogens is 431 g/mol. The van der Waals surface area contributed by atoms with Crippen LogP contribution in [0.15, 0.2) is 18.2 Å². The molecule has 4 rings (SSSR count). The highest BCUT2D eigenvalue weighted by Crippen LogP contribution is 2.33. The second kappa shape index (κ2) is 7.80. The van der Waals surface area contributed by atoms with Crippen LogP contribution in [-0.4, -0.2) is 51.9 Å². The number of benzene rings is 1. The molecule has 2 aromatic rings. The molecule has 156 valence electrons. The van der Waals surface area contributed by atoms with E-state index in [0.717, 1.165) is 0 Å². The number of amides is 3. The molecule has 1 aromatic heterocycles. The van der Waals surface area contributed by atoms with E-state index >= 15 is 0 Å². The highest BCUT2D eigenvalue weighted by atomic mass is 35.5. The van der Waals surface area contributed by atoms with Gasteiger partial charge in [0.25, 0.3) is 5.91 Å². The van der Waals surface area contributed by atoms with Crippen molar-refractivity contribution in [2.75, 3.05) is 19.8 Å². The number of nitrogens with zero attached hydrogens (tertiary/aromatic N) is 4. The SMILES string of the molecule is N#CC1(NC(=O)c2c(-c3ccc(Cl)c(Cl)c3)nn3c2CN(C(N)=O)CC3)CCOC1. The summed E-state index contributed by atoms with van der Waals surface area (Å²) in [7, 11) is 0. The number of halogens is 2. The number of rotatable bonds is 3. The monoisotopic (exact) mass is 448 g/mol. The first-order valence-electron chi connectivity index (χ1n) is 9.24. The van der Waals surface area contributed by atoms with Crippen LogP contribution in [0.1, 0.15) is 22.5 Å². The lowest BCUT2D eigenvalue weighted by molar-refractivity contribution is 0.0904. The summed E-state index contributed by atoms with van der Waals surface area (Å²) in [4.78, 5) is 26.5. The van der Waals surface area contributed by atoms with Crippen molar-refractivity contribution in [3.05, 3.63) is 39.5 Å². The fourth-order valence-electron chi connectivity index (χ4n) is 3.65. The Kier molecular flexibility index (Phi) is 5.32. The van der Waals surface area contributed by atoms with Gasteiger partial charge in [-0.05, 0) is 12.1 Å². The molecule has 1 saturated heterocycles. The molecule has 0 bridgehead atoms. The summed E-state index contributed by atoms with van der Waals surface area (Å²) in [5.74, 6) is -0.476. The van der Waals surface area contributed by atoms with E-state index in [4.69, 9.17) is 33.7 Å². The molecule has 30 heavy (non-hydrogen) atoms. The summed E-state index contributed by atoms with van der Waals surface area (Å²) in [5.41, 5.74) is 6.11. The first kappa shape index (κ1) is 20.5. The van der Waals surface area contributed by atoms with E-state index in [2.05, 4.69) is 16.5 Å².